The number of pyridine rings is 1. The fourth-order valence-electron chi connectivity index (χ4n) is 6.95. The third-order valence-corrected chi connectivity index (χ3v) is 9.55. The van der Waals surface area contributed by atoms with E-state index in [1.165, 1.54) is 16.8 Å². The first kappa shape index (κ1) is 35.4. The maximum Gasteiger partial charge on any atom is 0.203 e. The average Bonchev–Trinajstić information content (AvgIpc) is 3.19. The number of anilines is 1. The van der Waals surface area contributed by atoms with E-state index in [1.807, 2.05) is 30.5 Å². The molecule has 1 aliphatic heterocycles. The van der Waals surface area contributed by atoms with Crippen LogP contribution in [-0.4, -0.2) is 71.7 Å². The Bertz CT molecular complexity index is 1860. The first-order chi connectivity index (χ1) is 25.0. The Kier molecular flexibility index (Phi) is 11.5. The molecule has 0 spiro atoms. The van der Waals surface area contributed by atoms with Crippen molar-refractivity contribution >= 4 is 5.69 Å². The van der Waals surface area contributed by atoms with Crippen LogP contribution < -0.4 is 33.3 Å². The van der Waals surface area contributed by atoms with Crippen molar-refractivity contribution in [3.05, 3.63) is 108 Å². The molecule has 266 valence electrons. The van der Waals surface area contributed by atoms with Gasteiger partial charge in [-0.15, -0.1) is 0 Å². The summed E-state index contributed by atoms with van der Waals surface area (Å²) in [5.74, 6) is 3.65. The van der Waals surface area contributed by atoms with Crippen molar-refractivity contribution < 1.29 is 28.4 Å². The lowest BCUT2D eigenvalue weighted by Gasteiger charge is -2.40. The van der Waals surface area contributed by atoms with Crippen molar-refractivity contribution in [1.82, 2.24) is 9.88 Å². The maximum atomic E-state index is 5.64. The Morgan fingerprint density at radius 3 is 1.75 bits per heavy atom. The SMILES string of the molecule is COc1cc(-c2cccc(CN(c3ccccc3)C3CCN(Cc4ccnc(-c5cc(OC)c(OC)c(OC)c5)c4)CC3)c2)cc(OC)c1OC. The number of piperidine rings is 1. The number of nitrogens with zero attached hydrogens (tertiary/aromatic N) is 3. The molecule has 1 saturated heterocycles. The topological polar surface area (TPSA) is 74.8 Å². The largest absolute Gasteiger partial charge is 0.493 e. The van der Waals surface area contributed by atoms with Crippen LogP contribution in [0.5, 0.6) is 34.5 Å². The number of ether oxygens (including phenoxy) is 6. The van der Waals surface area contributed by atoms with E-state index < -0.39 is 0 Å². The van der Waals surface area contributed by atoms with Crippen LogP contribution in [0.25, 0.3) is 22.4 Å². The van der Waals surface area contributed by atoms with Crippen molar-refractivity contribution in [2.45, 2.75) is 32.0 Å². The molecule has 1 aromatic heterocycles. The predicted molar refractivity (Wildman–Crippen MR) is 202 cm³/mol. The molecule has 0 unspecified atom stereocenters. The summed E-state index contributed by atoms with van der Waals surface area (Å²) >= 11 is 0. The molecule has 1 aliphatic rings. The lowest BCUT2D eigenvalue weighted by atomic mass is 9.98. The van der Waals surface area contributed by atoms with Gasteiger partial charge in [-0.2, -0.15) is 0 Å². The summed E-state index contributed by atoms with van der Waals surface area (Å²) in [4.78, 5) is 9.78. The van der Waals surface area contributed by atoms with Crippen molar-refractivity contribution in [1.29, 1.82) is 0 Å². The minimum absolute atomic E-state index is 0.403. The Hall–Kier alpha value is -5.41. The highest BCUT2D eigenvalue weighted by Gasteiger charge is 2.26. The van der Waals surface area contributed by atoms with E-state index in [2.05, 4.69) is 81.5 Å². The molecular weight excluding hydrogens is 642 g/mol. The molecule has 6 rings (SSSR count). The van der Waals surface area contributed by atoms with Gasteiger partial charge in [0.25, 0.3) is 0 Å². The second-order valence-corrected chi connectivity index (χ2v) is 12.5. The molecule has 5 aromatic rings. The van der Waals surface area contributed by atoms with E-state index in [0.29, 0.717) is 40.5 Å². The van der Waals surface area contributed by atoms with Gasteiger partial charge in [-0.3, -0.25) is 9.88 Å². The minimum atomic E-state index is 0.403. The lowest BCUT2D eigenvalue weighted by Crippen LogP contribution is -2.44. The highest BCUT2D eigenvalue weighted by atomic mass is 16.5. The van der Waals surface area contributed by atoms with E-state index in [9.17, 15) is 0 Å². The van der Waals surface area contributed by atoms with Gasteiger partial charge >= 0.3 is 0 Å². The van der Waals surface area contributed by atoms with Gasteiger partial charge in [0.2, 0.25) is 11.5 Å². The van der Waals surface area contributed by atoms with Crippen LogP contribution in [-0.2, 0) is 13.1 Å². The predicted octanol–water partition coefficient (Wildman–Crippen LogP) is 8.14. The van der Waals surface area contributed by atoms with E-state index in [4.69, 9.17) is 28.4 Å². The van der Waals surface area contributed by atoms with Crippen LogP contribution in [0, 0.1) is 0 Å². The minimum Gasteiger partial charge on any atom is -0.493 e. The third-order valence-electron chi connectivity index (χ3n) is 9.55. The van der Waals surface area contributed by atoms with Gasteiger partial charge in [0.15, 0.2) is 23.0 Å². The summed E-state index contributed by atoms with van der Waals surface area (Å²) in [6.07, 6.45) is 4.00. The van der Waals surface area contributed by atoms with Crippen LogP contribution in [0.15, 0.2) is 97.2 Å². The monoisotopic (exact) mass is 689 g/mol. The van der Waals surface area contributed by atoms with Gasteiger partial charge in [0, 0.05) is 49.7 Å². The smallest absolute Gasteiger partial charge is 0.203 e. The fraction of sp³-hybridized carbons (Fsp3) is 0.310. The van der Waals surface area contributed by atoms with Gasteiger partial charge in [0.1, 0.15) is 0 Å². The second-order valence-electron chi connectivity index (χ2n) is 12.5. The summed E-state index contributed by atoms with van der Waals surface area (Å²) in [5.41, 5.74) is 7.58. The molecule has 2 heterocycles. The molecule has 9 nitrogen and oxygen atoms in total. The van der Waals surface area contributed by atoms with Crippen LogP contribution in [0.3, 0.4) is 0 Å². The quantitative estimate of drug-likeness (QED) is 0.115. The van der Waals surface area contributed by atoms with Gasteiger partial charge in [-0.25, -0.2) is 0 Å². The Labute approximate surface area is 301 Å². The van der Waals surface area contributed by atoms with E-state index in [-0.39, 0.29) is 0 Å². The number of likely N-dealkylation sites (tertiary alicyclic amines) is 1. The van der Waals surface area contributed by atoms with Crippen molar-refractivity contribution in [2.75, 3.05) is 60.6 Å². The molecule has 0 saturated carbocycles. The van der Waals surface area contributed by atoms with E-state index in [0.717, 1.165) is 61.4 Å². The number of para-hydroxylation sites is 1. The van der Waals surface area contributed by atoms with Gasteiger partial charge in [0.05, 0.1) is 48.4 Å². The van der Waals surface area contributed by atoms with E-state index >= 15 is 0 Å². The number of hydrogen-bond acceptors (Lipinski definition) is 9. The Morgan fingerprint density at radius 1 is 0.588 bits per heavy atom. The molecule has 0 aliphatic carbocycles. The van der Waals surface area contributed by atoms with Crippen molar-refractivity contribution in [3.8, 4) is 56.9 Å². The molecular formula is C42H47N3O6. The normalized spacial score (nSPS) is 13.4. The number of aromatic nitrogens is 1. The van der Waals surface area contributed by atoms with Crippen molar-refractivity contribution in [3.63, 3.8) is 0 Å². The summed E-state index contributed by atoms with van der Waals surface area (Å²) in [7, 11) is 9.78. The van der Waals surface area contributed by atoms with Crippen LogP contribution in [0.2, 0.25) is 0 Å². The third kappa shape index (κ3) is 7.99. The molecule has 0 bridgehead atoms. The van der Waals surface area contributed by atoms with Gasteiger partial charge in [-0.05, 0) is 89.7 Å². The van der Waals surface area contributed by atoms with Crippen LogP contribution in [0.4, 0.5) is 5.69 Å². The molecule has 9 heteroatoms. The summed E-state index contributed by atoms with van der Waals surface area (Å²) < 4.78 is 33.5. The standard InChI is InChI=1S/C42H47N3O6/c1-46-37-23-32(24-38(47-2)41(37)50-5)31-12-10-11-29(21-31)28-45(34-13-8-7-9-14-34)35-16-19-44(20-17-35)27-30-15-18-43-36(22-30)33-25-39(48-3)42(51-6)40(26-33)49-4/h7-15,18,21-26,35H,16-17,19-20,27-28H2,1-6H3. The Morgan fingerprint density at radius 2 is 1.18 bits per heavy atom. The first-order valence-electron chi connectivity index (χ1n) is 17.2. The number of methoxy groups -OCH3 is 6. The van der Waals surface area contributed by atoms with Crippen LogP contribution >= 0.6 is 0 Å². The van der Waals surface area contributed by atoms with Crippen molar-refractivity contribution in [2.24, 2.45) is 0 Å². The molecule has 1 fully saturated rings. The molecule has 4 aromatic carbocycles. The molecule has 51 heavy (non-hydrogen) atoms. The first-order valence-corrected chi connectivity index (χ1v) is 17.2. The fourth-order valence-corrected chi connectivity index (χ4v) is 6.95. The zero-order valence-corrected chi connectivity index (χ0v) is 30.3. The molecule has 0 radical (unpaired) electrons. The van der Waals surface area contributed by atoms with Gasteiger partial charge < -0.3 is 33.3 Å². The molecule has 0 N–H and O–H groups in total. The number of benzene rings is 4. The zero-order valence-electron chi connectivity index (χ0n) is 30.3. The highest BCUT2D eigenvalue weighted by molar-refractivity contribution is 5.72. The molecule has 0 atom stereocenters. The summed E-state index contributed by atoms with van der Waals surface area (Å²) in [6.45, 7) is 3.66. The summed E-state index contributed by atoms with van der Waals surface area (Å²) in [5, 5.41) is 0. The number of hydrogen-bond donors (Lipinski definition) is 0. The highest BCUT2D eigenvalue weighted by Crippen LogP contribution is 2.42. The van der Waals surface area contributed by atoms with E-state index in [1.54, 1.807) is 42.7 Å². The zero-order chi connectivity index (χ0) is 35.7. The second kappa shape index (κ2) is 16.5. The summed E-state index contributed by atoms with van der Waals surface area (Å²) in [6, 6.07) is 32.0. The Balaban J connectivity index is 1.17. The molecule has 0 amide bonds. The van der Waals surface area contributed by atoms with Crippen LogP contribution in [0.1, 0.15) is 24.0 Å². The number of rotatable bonds is 14. The maximum absolute atomic E-state index is 5.64. The average molecular weight is 690 g/mol. The van der Waals surface area contributed by atoms with Gasteiger partial charge in [-0.1, -0.05) is 36.4 Å². The lowest BCUT2D eigenvalue weighted by molar-refractivity contribution is 0.201.